The van der Waals surface area contributed by atoms with Gasteiger partial charge in [0.05, 0.1) is 13.7 Å². The second kappa shape index (κ2) is 6.25. The first kappa shape index (κ1) is 16.1. The van der Waals surface area contributed by atoms with E-state index in [0.717, 1.165) is 36.4 Å². The lowest BCUT2D eigenvalue weighted by Crippen LogP contribution is -3.12. The molecule has 0 amide bonds. The fourth-order valence-corrected chi connectivity index (χ4v) is 5.35. The molecule has 1 fully saturated rings. The molecule has 4 nitrogen and oxygen atoms in total. The molecule has 3 aromatic rings. The molecule has 1 aliphatic heterocycles. The summed E-state index contributed by atoms with van der Waals surface area (Å²) in [4.78, 5) is 15.3. The summed E-state index contributed by atoms with van der Waals surface area (Å²) in [6, 6.07) is 10.3. The van der Waals surface area contributed by atoms with E-state index in [4.69, 9.17) is 9.15 Å². The maximum Gasteiger partial charge on any atom is 0.336 e. The third-order valence-electron chi connectivity index (χ3n) is 5.78. The highest BCUT2D eigenvalue weighted by Crippen LogP contribution is 2.42. The van der Waals surface area contributed by atoms with Crippen molar-refractivity contribution in [1.29, 1.82) is 0 Å². The van der Waals surface area contributed by atoms with Gasteiger partial charge in [0.15, 0.2) is 0 Å². The van der Waals surface area contributed by atoms with Gasteiger partial charge in [0, 0.05) is 45.9 Å². The molecule has 0 saturated heterocycles. The average molecular weight is 368 g/mol. The van der Waals surface area contributed by atoms with Gasteiger partial charge in [-0.3, -0.25) is 0 Å². The zero-order chi connectivity index (χ0) is 17.7. The Balaban J connectivity index is 1.54. The fraction of sp³-hybridized carbons (Fsp3) is 0.381. The molecule has 1 N–H and O–H groups in total. The molecule has 2 aliphatic rings. The fourth-order valence-electron chi connectivity index (χ4n) is 4.42. The Labute approximate surface area is 156 Å². The molecule has 1 aromatic carbocycles. The van der Waals surface area contributed by atoms with Crippen LogP contribution in [-0.4, -0.2) is 13.7 Å². The lowest BCUT2D eigenvalue weighted by Gasteiger charge is -2.33. The molecule has 3 heterocycles. The predicted molar refractivity (Wildman–Crippen MR) is 102 cm³/mol. The number of fused-ring (bicyclic) bond motifs is 2. The zero-order valence-corrected chi connectivity index (χ0v) is 15.6. The highest BCUT2D eigenvalue weighted by atomic mass is 32.1. The molecule has 0 spiro atoms. The molecule has 2 atom stereocenters. The minimum Gasteiger partial charge on any atom is -0.497 e. The van der Waals surface area contributed by atoms with Crippen molar-refractivity contribution in [3.8, 4) is 5.75 Å². The van der Waals surface area contributed by atoms with Gasteiger partial charge in [-0.1, -0.05) is 0 Å². The highest BCUT2D eigenvalue weighted by molar-refractivity contribution is 7.10. The molecule has 1 unspecified atom stereocenters. The monoisotopic (exact) mass is 368 g/mol. The van der Waals surface area contributed by atoms with Gasteiger partial charge in [0.1, 0.15) is 23.9 Å². The summed E-state index contributed by atoms with van der Waals surface area (Å²) < 4.78 is 10.7. The van der Waals surface area contributed by atoms with Gasteiger partial charge in [-0.2, -0.15) is 0 Å². The number of nitrogens with one attached hydrogen (secondary N) is 1. The van der Waals surface area contributed by atoms with E-state index < -0.39 is 0 Å². The van der Waals surface area contributed by atoms with E-state index in [0.29, 0.717) is 17.4 Å². The maximum absolute atomic E-state index is 12.1. The van der Waals surface area contributed by atoms with Crippen molar-refractivity contribution in [1.82, 2.24) is 0 Å². The summed E-state index contributed by atoms with van der Waals surface area (Å²) in [5, 5.41) is 3.26. The van der Waals surface area contributed by atoms with Crippen LogP contribution >= 0.6 is 11.3 Å². The molecule has 1 aliphatic carbocycles. The SMILES string of the molecule is COc1ccc2c(C[NH+]3CCc4sccc4[C@H]3C3CC3)cc(=O)oc2c1. The normalized spacial score (nSPS) is 22.3. The van der Waals surface area contributed by atoms with Crippen molar-refractivity contribution in [2.75, 3.05) is 13.7 Å². The number of rotatable bonds is 4. The summed E-state index contributed by atoms with van der Waals surface area (Å²) in [6.45, 7) is 2.00. The Bertz CT molecular complexity index is 1020. The van der Waals surface area contributed by atoms with Crippen LogP contribution in [0.4, 0.5) is 0 Å². The number of quaternary nitrogens is 1. The van der Waals surface area contributed by atoms with E-state index in [1.54, 1.807) is 34.6 Å². The molecule has 0 bridgehead atoms. The van der Waals surface area contributed by atoms with Crippen LogP contribution in [0, 0.1) is 5.92 Å². The van der Waals surface area contributed by atoms with Crippen LogP contribution in [-0.2, 0) is 13.0 Å². The summed E-state index contributed by atoms with van der Waals surface area (Å²) in [5.41, 5.74) is 2.96. The van der Waals surface area contributed by atoms with Crippen LogP contribution in [0.2, 0.25) is 0 Å². The van der Waals surface area contributed by atoms with E-state index in [9.17, 15) is 4.79 Å². The number of ether oxygens (including phenoxy) is 1. The van der Waals surface area contributed by atoms with Crippen molar-refractivity contribution >= 4 is 22.3 Å². The van der Waals surface area contributed by atoms with Crippen LogP contribution < -0.4 is 15.3 Å². The van der Waals surface area contributed by atoms with Crippen molar-refractivity contribution < 1.29 is 14.1 Å². The predicted octanol–water partition coefficient (Wildman–Crippen LogP) is 2.96. The van der Waals surface area contributed by atoms with E-state index in [1.165, 1.54) is 12.8 Å². The average Bonchev–Trinajstić information content (AvgIpc) is 3.36. The molecular weight excluding hydrogens is 346 g/mol. The standard InChI is InChI=1S/C21H21NO3S/c1-24-15-4-5-16-14(10-20(23)25-18(16)11-15)12-22-8-6-19-17(7-9-26-19)21(22)13-2-3-13/h4-5,7,9-11,13,21H,2-3,6,8,12H2,1H3/p+1/t21-/m1/s1. The van der Waals surface area contributed by atoms with Crippen molar-refractivity contribution in [3.63, 3.8) is 0 Å². The van der Waals surface area contributed by atoms with Gasteiger partial charge in [-0.05, 0) is 36.4 Å². The first-order chi connectivity index (χ1) is 12.7. The third-order valence-corrected chi connectivity index (χ3v) is 6.77. The number of benzene rings is 1. The molecule has 26 heavy (non-hydrogen) atoms. The first-order valence-corrected chi connectivity index (χ1v) is 10.1. The third kappa shape index (κ3) is 2.75. The maximum atomic E-state index is 12.1. The van der Waals surface area contributed by atoms with Gasteiger partial charge >= 0.3 is 5.63 Å². The minimum absolute atomic E-state index is 0.281. The van der Waals surface area contributed by atoms with E-state index in [2.05, 4.69) is 11.4 Å². The molecule has 1 saturated carbocycles. The topological polar surface area (TPSA) is 43.9 Å². The summed E-state index contributed by atoms with van der Waals surface area (Å²) in [5.74, 6) is 1.51. The lowest BCUT2D eigenvalue weighted by molar-refractivity contribution is -0.949. The molecule has 2 aromatic heterocycles. The van der Waals surface area contributed by atoms with Crippen molar-refractivity contribution in [2.24, 2.45) is 5.92 Å². The van der Waals surface area contributed by atoms with Crippen molar-refractivity contribution in [3.05, 3.63) is 62.1 Å². The molecule has 134 valence electrons. The van der Waals surface area contributed by atoms with Crippen molar-refractivity contribution in [2.45, 2.75) is 31.8 Å². The summed E-state index contributed by atoms with van der Waals surface area (Å²) in [7, 11) is 1.62. The van der Waals surface area contributed by atoms with E-state index in [1.807, 2.05) is 23.5 Å². The van der Waals surface area contributed by atoms with Gasteiger partial charge < -0.3 is 14.1 Å². The van der Waals surface area contributed by atoms with Gasteiger partial charge in [0.25, 0.3) is 0 Å². The minimum atomic E-state index is -0.281. The van der Waals surface area contributed by atoms with Crippen LogP contribution in [0.1, 0.15) is 34.9 Å². The highest BCUT2D eigenvalue weighted by Gasteiger charge is 2.43. The Hall–Kier alpha value is -2.11. The largest absolute Gasteiger partial charge is 0.497 e. The summed E-state index contributed by atoms with van der Waals surface area (Å²) in [6.07, 6.45) is 3.80. The smallest absolute Gasteiger partial charge is 0.336 e. The molecule has 0 radical (unpaired) electrons. The molecular formula is C21H22NO3S+. The number of hydrogen-bond donors (Lipinski definition) is 1. The second-order valence-corrected chi connectivity index (χ2v) is 8.40. The number of thiophene rings is 1. The zero-order valence-electron chi connectivity index (χ0n) is 14.8. The lowest BCUT2D eigenvalue weighted by atomic mass is 9.95. The second-order valence-electron chi connectivity index (χ2n) is 7.40. The molecule has 5 heteroatoms. The number of methoxy groups -OCH3 is 1. The van der Waals surface area contributed by atoms with E-state index in [-0.39, 0.29) is 5.63 Å². The Morgan fingerprint density at radius 3 is 2.96 bits per heavy atom. The Morgan fingerprint density at radius 1 is 1.27 bits per heavy atom. The van der Waals surface area contributed by atoms with Crippen LogP contribution in [0.25, 0.3) is 11.0 Å². The van der Waals surface area contributed by atoms with Gasteiger partial charge in [-0.15, -0.1) is 11.3 Å². The first-order valence-electron chi connectivity index (χ1n) is 9.24. The summed E-state index contributed by atoms with van der Waals surface area (Å²) >= 11 is 1.90. The van der Waals surface area contributed by atoms with Crippen LogP contribution in [0.3, 0.4) is 0 Å². The quantitative estimate of drug-likeness (QED) is 0.720. The van der Waals surface area contributed by atoms with E-state index >= 15 is 0 Å². The van der Waals surface area contributed by atoms with Crippen LogP contribution in [0.5, 0.6) is 5.75 Å². The number of hydrogen-bond acceptors (Lipinski definition) is 4. The van der Waals surface area contributed by atoms with Gasteiger partial charge in [-0.25, -0.2) is 4.79 Å². The van der Waals surface area contributed by atoms with Gasteiger partial charge in [0.2, 0.25) is 0 Å². The Morgan fingerprint density at radius 2 is 2.15 bits per heavy atom. The van der Waals surface area contributed by atoms with Crippen LogP contribution in [0.15, 0.2) is 44.9 Å². The molecule has 5 rings (SSSR count). The Kier molecular flexibility index (Phi) is 3.87.